The average molecular weight is 716 g/mol. The van der Waals surface area contributed by atoms with Crippen molar-refractivity contribution in [2.75, 3.05) is 6.61 Å². The zero-order chi connectivity index (χ0) is 31.5. The number of fused-ring (bicyclic) bond motifs is 1. The van der Waals surface area contributed by atoms with Crippen molar-refractivity contribution in [3.63, 3.8) is 0 Å². The van der Waals surface area contributed by atoms with Crippen molar-refractivity contribution in [2.24, 2.45) is 4.99 Å². The van der Waals surface area contributed by atoms with Gasteiger partial charge >= 0.3 is 5.97 Å². The van der Waals surface area contributed by atoms with E-state index in [-0.39, 0.29) is 24.9 Å². The van der Waals surface area contributed by atoms with Crippen molar-refractivity contribution in [2.45, 2.75) is 46.4 Å². The first-order chi connectivity index (χ1) is 21.1. The highest BCUT2D eigenvalue weighted by molar-refractivity contribution is 9.10. The van der Waals surface area contributed by atoms with Gasteiger partial charge in [0.05, 0.1) is 38.6 Å². The Morgan fingerprint density at radius 2 is 1.86 bits per heavy atom. The molecular formula is C33H29BrCl2N2O5S. The number of para-hydroxylation sites is 1. The molecule has 5 rings (SSSR count). The number of carbonyl (C=O) groups is 1. The van der Waals surface area contributed by atoms with E-state index in [0.717, 1.165) is 10.0 Å². The third-order valence-corrected chi connectivity index (χ3v) is 8.95. The second-order valence-corrected chi connectivity index (χ2v) is 13.0. The van der Waals surface area contributed by atoms with Gasteiger partial charge in [-0.15, -0.1) is 0 Å². The number of allylic oxidation sites excluding steroid dienone is 1. The lowest BCUT2D eigenvalue weighted by atomic mass is 9.95. The minimum atomic E-state index is -0.796. The molecule has 44 heavy (non-hydrogen) atoms. The van der Waals surface area contributed by atoms with E-state index in [1.807, 2.05) is 62.4 Å². The van der Waals surface area contributed by atoms with E-state index in [1.54, 1.807) is 36.6 Å². The highest BCUT2D eigenvalue weighted by Gasteiger charge is 2.35. The lowest BCUT2D eigenvalue weighted by Crippen LogP contribution is -2.40. The van der Waals surface area contributed by atoms with Crippen LogP contribution < -0.4 is 24.4 Å². The minimum Gasteiger partial charge on any atom is -0.491 e. The minimum absolute atomic E-state index is 0.123. The maximum Gasteiger partial charge on any atom is 0.338 e. The SMILES string of the molecule is CCOC(=O)C1=C(C)N=c2s/c(=C/c3cc(Br)ccc3OCc3ccc(Cl)c(Cl)c3)c(=O)n2[C@@H]1c1ccccc1OC(C)C. The summed E-state index contributed by atoms with van der Waals surface area (Å²) in [5.74, 6) is 0.613. The first-order valence-corrected chi connectivity index (χ1v) is 16.3. The second kappa shape index (κ2) is 13.7. The fourth-order valence-electron chi connectivity index (χ4n) is 4.85. The zero-order valence-electron chi connectivity index (χ0n) is 24.4. The topological polar surface area (TPSA) is 79.1 Å². The molecule has 1 atom stereocenters. The van der Waals surface area contributed by atoms with Gasteiger partial charge in [0.25, 0.3) is 5.56 Å². The fraction of sp³-hybridized carbons (Fsp3) is 0.242. The number of thiazole rings is 1. The predicted octanol–water partition coefficient (Wildman–Crippen LogP) is 7.23. The van der Waals surface area contributed by atoms with Crippen LogP contribution in [0.15, 0.2) is 86.2 Å². The zero-order valence-corrected chi connectivity index (χ0v) is 28.3. The molecule has 0 spiro atoms. The van der Waals surface area contributed by atoms with E-state index in [4.69, 9.17) is 37.4 Å². The Morgan fingerprint density at radius 3 is 2.59 bits per heavy atom. The summed E-state index contributed by atoms with van der Waals surface area (Å²) in [4.78, 5) is 32.7. The Balaban J connectivity index is 1.64. The van der Waals surface area contributed by atoms with Crippen LogP contribution in [0.25, 0.3) is 6.08 Å². The first kappa shape index (κ1) is 32.0. The summed E-state index contributed by atoms with van der Waals surface area (Å²) in [6.07, 6.45) is 1.65. The molecule has 0 fully saturated rings. The summed E-state index contributed by atoms with van der Waals surface area (Å²) < 4.78 is 20.5. The Bertz CT molecular complexity index is 1950. The number of rotatable bonds is 9. The molecule has 3 aromatic carbocycles. The van der Waals surface area contributed by atoms with Crippen molar-refractivity contribution in [3.8, 4) is 11.5 Å². The summed E-state index contributed by atoms with van der Waals surface area (Å²) in [5.41, 5.74) is 2.66. The smallest absolute Gasteiger partial charge is 0.338 e. The quantitative estimate of drug-likeness (QED) is 0.171. The Hall–Kier alpha value is -3.37. The van der Waals surface area contributed by atoms with Crippen molar-refractivity contribution in [1.29, 1.82) is 0 Å². The summed E-state index contributed by atoms with van der Waals surface area (Å²) in [7, 11) is 0. The molecule has 1 aliphatic rings. The molecule has 0 N–H and O–H groups in total. The Labute approximate surface area is 277 Å². The van der Waals surface area contributed by atoms with Crippen LogP contribution in [0.3, 0.4) is 0 Å². The summed E-state index contributed by atoms with van der Waals surface area (Å²) in [6.45, 7) is 7.78. The molecule has 0 radical (unpaired) electrons. The standard InChI is InChI=1S/C33H29BrCl2N2O5S/c1-5-41-32(40)29-19(4)37-33-38(30(29)23-8-6-7-9-27(23)43-18(2)3)31(39)28(44-33)16-21-15-22(34)11-13-26(21)42-17-20-10-12-24(35)25(36)14-20/h6-16,18,30H,5,17H2,1-4H3/b28-16+/t30-/m1/s1. The fourth-order valence-corrected chi connectivity index (χ4v) is 6.59. The van der Waals surface area contributed by atoms with Crippen LogP contribution in [0.5, 0.6) is 11.5 Å². The van der Waals surface area contributed by atoms with Crippen molar-refractivity contribution in [1.82, 2.24) is 4.57 Å². The molecule has 0 amide bonds. The third-order valence-electron chi connectivity index (χ3n) is 6.73. The largest absolute Gasteiger partial charge is 0.491 e. The molecule has 11 heteroatoms. The molecule has 2 heterocycles. The van der Waals surface area contributed by atoms with Crippen molar-refractivity contribution >= 4 is 62.5 Å². The van der Waals surface area contributed by atoms with E-state index < -0.39 is 12.0 Å². The number of carbonyl (C=O) groups excluding carboxylic acids is 1. The highest BCUT2D eigenvalue weighted by Crippen LogP contribution is 2.36. The predicted molar refractivity (Wildman–Crippen MR) is 178 cm³/mol. The average Bonchev–Trinajstić information content (AvgIpc) is 3.27. The molecule has 0 bridgehead atoms. The Kier molecular flexibility index (Phi) is 10.00. The lowest BCUT2D eigenvalue weighted by Gasteiger charge is -2.26. The number of hydrogen-bond donors (Lipinski definition) is 0. The van der Waals surface area contributed by atoms with Gasteiger partial charge in [0, 0.05) is 15.6 Å². The number of aromatic nitrogens is 1. The molecule has 1 aromatic heterocycles. The highest BCUT2D eigenvalue weighted by atomic mass is 79.9. The number of ether oxygens (including phenoxy) is 3. The van der Waals surface area contributed by atoms with Gasteiger partial charge in [0.15, 0.2) is 4.80 Å². The summed E-state index contributed by atoms with van der Waals surface area (Å²) in [5, 5.41) is 0.908. The van der Waals surface area contributed by atoms with E-state index >= 15 is 0 Å². The van der Waals surface area contributed by atoms with Crippen molar-refractivity contribution < 1.29 is 19.0 Å². The number of benzene rings is 3. The van der Waals surface area contributed by atoms with Gasteiger partial charge in [-0.2, -0.15) is 0 Å². The van der Waals surface area contributed by atoms with E-state index in [1.165, 1.54) is 11.3 Å². The van der Waals surface area contributed by atoms with Crippen LogP contribution in [0.4, 0.5) is 0 Å². The number of esters is 1. The van der Waals surface area contributed by atoms with Gasteiger partial charge in [-0.1, -0.05) is 74.7 Å². The van der Waals surface area contributed by atoms with Gasteiger partial charge in [-0.05, 0) is 75.7 Å². The van der Waals surface area contributed by atoms with Crippen LogP contribution >= 0.6 is 50.5 Å². The maximum atomic E-state index is 14.2. The third kappa shape index (κ3) is 6.81. The molecule has 7 nitrogen and oxygen atoms in total. The molecule has 0 saturated heterocycles. The molecule has 228 valence electrons. The van der Waals surface area contributed by atoms with Gasteiger partial charge in [0.2, 0.25) is 0 Å². The van der Waals surface area contributed by atoms with Crippen LogP contribution in [0.2, 0.25) is 10.0 Å². The summed E-state index contributed by atoms with van der Waals surface area (Å²) in [6, 6.07) is 17.5. The molecule has 4 aromatic rings. The van der Waals surface area contributed by atoms with E-state index in [2.05, 4.69) is 20.9 Å². The van der Waals surface area contributed by atoms with Crippen LogP contribution in [0.1, 0.15) is 50.4 Å². The van der Waals surface area contributed by atoms with Crippen LogP contribution in [0, 0.1) is 0 Å². The van der Waals surface area contributed by atoms with Crippen LogP contribution in [-0.4, -0.2) is 23.2 Å². The monoisotopic (exact) mass is 714 g/mol. The molecule has 1 aliphatic heterocycles. The number of halogens is 3. The number of nitrogens with zero attached hydrogens (tertiary/aromatic N) is 2. The van der Waals surface area contributed by atoms with Gasteiger partial charge < -0.3 is 14.2 Å². The molecular weight excluding hydrogens is 687 g/mol. The second-order valence-electron chi connectivity index (χ2n) is 10.2. The number of hydrogen-bond acceptors (Lipinski definition) is 7. The first-order valence-electron chi connectivity index (χ1n) is 13.9. The van der Waals surface area contributed by atoms with Crippen molar-refractivity contribution in [3.05, 3.63) is 123 Å². The maximum absolute atomic E-state index is 14.2. The summed E-state index contributed by atoms with van der Waals surface area (Å²) >= 11 is 17.0. The normalized spacial score (nSPS) is 14.8. The Morgan fingerprint density at radius 1 is 1.09 bits per heavy atom. The van der Waals surface area contributed by atoms with Crippen LogP contribution in [-0.2, 0) is 16.1 Å². The molecule has 0 unspecified atom stereocenters. The van der Waals surface area contributed by atoms with E-state index in [0.29, 0.717) is 53.3 Å². The van der Waals surface area contributed by atoms with E-state index in [9.17, 15) is 9.59 Å². The van der Waals surface area contributed by atoms with Gasteiger partial charge in [-0.3, -0.25) is 9.36 Å². The molecule has 0 aliphatic carbocycles. The molecule has 0 saturated carbocycles. The lowest BCUT2D eigenvalue weighted by molar-refractivity contribution is -0.139. The van der Waals surface area contributed by atoms with Gasteiger partial charge in [-0.25, -0.2) is 9.79 Å². The van der Waals surface area contributed by atoms with Gasteiger partial charge in [0.1, 0.15) is 24.1 Å².